The lowest BCUT2D eigenvalue weighted by Crippen LogP contribution is -2.34. The summed E-state index contributed by atoms with van der Waals surface area (Å²) >= 11 is 0. The van der Waals surface area contributed by atoms with E-state index in [9.17, 15) is 18.0 Å². The molecular formula is C13H13F3N2O. The van der Waals surface area contributed by atoms with Crippen molar-refractivity contribution in [1.29, 1.82) is 5.26 Å². The van der Waals surface area contributed by atoms with Crippen molar-refractivity contribution in [1.82, 2.24) is 0 Å². The largest absolute Gasteiger partial charge is 0.322 e. The van der Waals surface area contributed by atoms with Gasteiger partial charge in [0.2, 0.25) is 5.91 Å². The lowest BCUT2D eigenvalue weighted by atomic mass is 9.83. The fourth-order valence-electron chi connectivity index (χ4n) is 1.64. The van der Waals surface area contributed by atoms with Crippen molar-refractivity contribution >= 4 is 11.6 Å². The topological polar surface area (TPSA) is 52.9 Å². The van der Waals surface area contributed by atoms with Crippen LogP contribution < -0.4 is 5.32 Å². The number of hydrogen-bond donors (Lipinski definition) is 1. The van der Waals surface area contributed by atoms with E-state index in [1.165, 1.54) is 0 Å². The van der Waals surface area contributed by atoms with Crippen LogP contribution in [0.2, 0.25) is 0 Å². The number of hydrogen-bond acceptors (Lipinski definition) is 2. The van der Waals surface area contributed by atoms with Gasteiger partial charge in [-0.05, 0) is 25.0 Å². The number of nitriles is 1. The van der Waals surface area contributed by atoms with Crippen LogP contribution in [-0.2, 0) is 4.79 Å². The summed E-state index contributed by atoms with van der Waals surface area (Å²) in [6.45, 7) is 3.29. The molecule has 0 atom stereocenters. The maximum atomic E-state index is 13.4. The molecule has 1 amide bonds. The van der Waals surface area contributed by atoms with Gasteiger partial charge in [0.05, 0.1) is 11.8 Å². The summed E-state index contributed by atoms with van der Waals surface area (Å²) in [7, 11) is 0. The first-order chi connectivity index (χ1) is 8.91. The van der Waals surface area contributed by atoms with E-state index < -0.39 is 34.5 Å². The molecule has 1 aromatic rings. The minimum absolute atomic E-state index is 0.233. The molecule has 1 rings (SSSR count). The molecule has 0 spiro atoms. The van der Waals surface area contributed by atoms with Gasteiger partial charge in [-0.2, -0.15) is 5.26 Å². The molecule has 0 aliphatic carbocycles. The molecular weight excluding hydrogens is 257 g/mol. The third-order valence-corrected chi connectivity index (χ3v) is 3.14. The van der Waals surface area contributed by atoms with Crippen LogP contribution in [0.5, 0.6) is 0 Å². The van der Waals surface area contributed by atoms with Gasteiger partial charge < -0.3 is 5.32 Å². The molecule has 0 fully saturated rings. The van der Waals surface area contributed by atoms with E-state index in [1.807, 2.05) is 6.07 Å². The first kappa shape index (κ1) is 15.0. The van der Waals surface area contributed by atoms with Gasteiger partial charge in [0, 0.05) is 0 Å². The summed E-state index contributed by atoms with van der Waals surface area (Å²) in [5, 5.41) is 11.2. The predicted octanol–water partition coefficient (Wildman–Crippen LogP) is 3.37. The van der Waals surface area contributed by atoms with Crippen molar-refractivity contribution in [2.45, 2.75) is 26.7 Å². The van der Waals surface area contributed by atoms with Crippen LogP contribution in [0.25, 0.3) is 0 Å². The number of nitrogens with one attached hydrogen (secondary N) is 1. The van der Waals surface area contributed by atoms with Crippen LogP contribution in [-0.4, -0.2) is 5.91 Å². The first-order valence-corrected chi connectivity index (χ1v) is 5.78. The maximum absolute atomic E-state index is 13.4. The van der Waals surface area contributed by atoms with E-state index in [1.54, 1.807) is 13.8 Å². The number of carbonyl (C=O) groups excluding carboxylic acids is 1. The Balaban J connectivity index is 3.08. The average Bonchev–Trinajstić information content (AvgIpc) is 2.42. The van der Waals surface area contributed by atoms with E-state index in [2.05, 4.69) is 5.32 Å². The molecule has 1 aromatic carbocycles. The van der Waals surface area contributed by atoms with Crippen LogP contribution in [0.3, 0.4) is 0 Å². The van der Waals surface area contributed by atoms with Crippen LogP contribution in [0, 0.1) is 34.2 Å². The van der Waals surface area contributed by atoms with E-state index >= 15 is 0 Å². The first-order valence-electron chi connectivity index (χ1n) is 5.78. The quantitative estimate of drug-likeness (QED) is 0.853. The summed E-state index contributed by atoms with van der Waals surface area (Å²) in [5.41, 5.74) is -1.79. The molecule has 0 saturated heterocycles. The smallest absolute Gasteiger partial charge is 0.244 e. The highest BCUT2D eigenvalue weighted by atomic mass is 19.2. The Morgan fingerprint density at radius 2 is 1.84 bits per heavy atom. The SMILES string of the molecule is CCC(C#N)(CC)C(=O)Nc1ccc(F)c(F)c1F. The number of rotatable bonds is 4. The number of carbonyl (C=O) groups is 1. The highest BCUT2D eigenvalue weighted by molar-refractivity contribution is 5.97. The van der Waals surface area contributed by atoms with E-state index in [0.29, 0.717) is 6.07 Å². The molecule has 19 heavy (non-hydrogen) atoms. The molecule has 6 heteroatoms. The van der Waals surface area contributed by atoms with E-state index in [0.717, 1.165) is 6.07 Å². The molecule has 0 bridgehead atoms. The number of nitrogens with zero attached hydrogens (tertiary/aromatic N) is 1. The molecule has 1 N–H and O–H groups in total. The van der Waals surface area contributed by atoms with Crippen LogP contribution >= 0.6 is 0 Å². The van der Waals surface area contributed by atoms with Gasteiger partial charge in [-0.25, -0.2) is 13.2 Å². The molecule has 0 radical (unpaired) electrons. The fourth-order valence-corrected chi connectivity index (χ4v) is 1.64. The van der Waals surface area contributed by atoms with Gasteiger partial charge in [0.25, 0.3) is 0 Å². The Labute approximate surface area is 109 Å². The lowest BCUT2D eigenvalue weighted by Gasteiger charge is -2.22. The second-order valence-electron chi connectivity index (χ2n) is 4.08. The Kier molecular flexibility index (Phi) is 4.54. The maximum Gasteiger partial charge on any atom is 0.244 e. The standard InChI is InChI=1S/C13H13F3N2O/c1-3-13(4-2,7-17)12(19)18-9-6-5-8(14)10(15)11(9)16/h5-6H,3-4H2,1-2H3,(H,18,19). The zero-order chi connectivity index (χ0) is 14.6. The molecule has 0 aliphatic rings. The van der Waals surface area contributed by atoms with Crippen LogP contribution in [0.1, 0.15) is 26.7 Å². The zero-order valence-corrected chi connectivity index (χ0v) is 10.6. The van der Waals surface area contributed by atoms with Crippen molar-refractivity contribution in [3.63, 3.8) is 0 Å². The number of benzene rings is 1. The molecule has 0 heterocycles. The van der Waals surface area contributed by atoms with Crippen LogP contribution in [0.4, 0.5) is 18.9 Å². The summed E-state index contributed by atoms with van der Waals surface area (Å²) in [5.74, 6) is -5.21. The van der Waals surface area contributed by atoms with Crippen molar-refractivity contribution < 1.29 is 18.0 Å². The molecule has 0 aromatic heterocycles. The van der Waals surface area contributed by atoms with Gasteiger partial charge in [0.15, 0.2) is 17.5 Å². The third-order valence-electron chi connectivity index (χ3n) is 3.14. The second kappa shape index (κ2) is 5.74. The van der Waals surface area contributed by atoms with E-state index in [-0.39, 0.29) is 12.8 Å². The summed E-state index contributed by atoms with van der Waals surface area (Å²) < 4.78 is 39.2. The normalized spacial score (nSPS) is 10.9. The molecule has 0 saturated carbocycles. The highest BCUT2D eigenvalue weighted by Gasteiger charge is 2.35. The summed E-state index contributed by atoms with van der Waals surface area (Å²) in [6, 6.07) is 3.50. The lowest BCUT2D eigenvalue weighted by molar-refractivity contribution is -0.123. The van der Waals surface area contributed by atoms with Crippen molar-refractivity contribution in [3.8, 4) is 6.07 Å². The molecule has 0 unspecified atom stereocenters. The summed E-state index contributed by atoms with van der Waals surface area (Å²) in [4.78, 5) is 12.0. The van der Waals surface area contributed by atoms with Gasteiger partial charge in [-0.3, -0.25) is 4.79 Å². The Morgan fingerprint density at radius 3 is 2.32 bits per heavy atom. The van der Waals surface area contributed by atoms with Crippen molar-refractivity contribution in [2.24, 2.45) is 5.41 Å². The predicted molar refractivity (Wildman–Crippen MR) is 63.6 cm³/mol. The Bertz CT molecular complexity index is 533. The van der Waals surface area contributed by atoms with Gasteiger partial charge in [0.1, 0.15) is 5.41 Å². The van der Waals surface area contributed by atoms with Crippen molar-refractivity contribution in [3.05, 3.63) is 29.6 Å². The molecule has 102 valence electrons. The minimum atomic E-state index is -1.66. The molecule has 0 aliphatic heterocycles. The monoisotopic (exact) mass is 270 g/mol. The molecule has 3 nitrogen and oxygen atoms in total. The zero-order valence-electron chi connectivity index (χ0n) is 10.6. The Morgan fingerprint density at radius 1 is 1.26 bits per heavy atom. The summed E-state index contributed by atoms with van der Waals surface area (Å²) in [6.07, 6.45) is 0.467. The van der Waals surface area contributed by atoms with Crippen molar-refractivity contribution in [2.75, 3.05) is 5.32 Å². The second-order valence-corrected chi connectivity index (χ2v) is 4.08. The van der Waals surface area contributed by atoms with Crippen LogP contribution in [0.15, 0.2) is 12.1 Å². The number of anilines is 1. The van der Waals surface area contributed by atoms with E-state index in [4.69, 9.17) is 5.26 Å². The number of amides is 1. The average molecular weight is 270 g/mol. The highest BCUT2D eigenvalue weighted by Crippen LogP contribution is 2.28. The number of halogens is 3. The minimum Gasteiger partial charge on any atom is -0.322 e. The third kappa shape index (κ3) is 2.70. The van der Waals surface area contributed by atoms with Gasteiger partial charge >= 0.3 is 0 Å². The Hall–Kier alpha value is -2.03. The fraction of sp³-hybridized carbons (Fsp3) is 0.385. The van der Waals surface area contributed by atoms with Gasteiger partial charge in [-0.1, -0.05) is 13.8 Å². The van der Waals surface area contributed by atoms with Gasteiger partial charge in [-0.15, -0.1) is 0 Å².